The third-order valence-electron chi connectivity index (χ3n) is 4.76. The van der Waals surface area contributed by atoms with Crippen molar-refractivity contribution in [3.63, 3.8) is 0 Å². The molecular weight excluding hydrogens is 260 g/mol. The van der Waals surface area contributed by atoms with Gasteiger partial charge in [0, 0.05) is 17.0 Å². The molecule has 1 saturated carbocycles. The lowest BCUT2D eigenvalue weighted by Gasteiger charge is -2.15. The van der Waals surface area contributed by atoms with E-state index in [2.05, 4.69) is 0 Å². The third kappa shape index (κ3) is 1.97. The highest BCUT2D eigenvalue weighted by atomic mass is 35.5. The van der Waals surface area contributed by atoms with E-state index in [1.807, 2.05) is 13.0 Å². The molecule has 1 aromatic rings. The Bertz CT molecular complexity index is 530. The summed E-state index contributed by atoms with van der Waals surface area (Å²) < 4.78 is 5.35. The molecule has 0 unspecified atom stereocenters. The zero-order valence-corrected chi connectivity index (χ0v) is 12.2. The van der Waals surface area contributed by atoms with Crippen LogP contribution in [-0.4, -0.2) is 12.9 Å². The van der Waals surface area contributed by atoms with Gasteiger partial charge >= 0.3 is 0 Å². The second-order valence-corrected chi connectivity index (χ2v) is 6.15. The van der Waals surface area contributed by atoms with E-state index in [1.165, 1.54) is 25.7 Å². The highest BCUT2D eigenvalue weighted by molar-refractivity contribution is 6.35. The molecule has 1 atom stereocenters. The molecular formula is C16H19ClO2. The number of rotatable bonds is 2. The number of hydrogen-bond acceptors (Lipinski definition) is 2. The standard InChI is InChI=1S/C16H19ClO2/c1-9-13(19-2)8-11-7-12(10-5-3-4-6-10)16(18)14(11)15(9)17/h8,10,12H,3-7H2,1-2H3/t12-/m1/s1. The summed E-state index contributed by atoms with van der Waals surface area (Å²) in [5.74, 6) is 1.77. The number of methoxy groups -OCH3 is 1. The number of carbonyl (C=O) groups is 1. The Kier molecular flexibility index (Phi) is 3.30. The van der Waals surface area contributed by atoms with Crippen molar-refractivity contribution in [2.45, 2.75) is 39.0 Å². The number of ether oxygens (including phenoxy) is 1. The Morgan fingerprint density at radius 2 is 2.00 bits per heavy atom. The maximum absolute atomic E-state index is 12.6. The van der Waals surface area contributed by atoms with Crippen molar-refractivity contribution >= 4 is 17.4 Å². The summed E-state index contributed by atoms with van der Waals surface area (Å²) in [6.45, 7) is 1.91. The number of halogens is 1. The lowest BCUT2D eigenvalue weighted by Crippen LogP contribution is -2.18. The molecule has 102 valence electrons. The van der Waals surface area contributed by atoms with E-state index in [-0.39, 0.29) is 11.7 Å². The van der Waals surface area contributed by atoms with Gasteiger partial charge in [-0.15, -0.1) is 0 Å². The fraction of sp³-hybridized carbons (Fsp3) is 0.562. The average Bonchev–Trinajstić information content (AvgIpc) is 3.01. The molecule has 0 saturated heterocycles. The first kappa shape index (κ1) is 13.0. The minimum Gasteiger partial charge on any atom is -0.496 e. The van der Waals surface area contributed by atoms with Gasteiger partial charge in [0.05, 0.1) is 12.1 Å². The smallest absolute Gasteiger partial charge is 0.168 e. The van der Waals surface area contributed by atoms with Gasteiger partial charge in [0.15, 0.2) is 5.78 Å². The lowest BCUT2D eigenvalue weighted by atomic mass is 9.88. The van der Waals surface area contributed by atoms with Crippen molar-refractivity contribution in [1.29, 1.82) is 0 Å². The van der Waals surface area contributed by atoms with Gasteiger partial charge in [-0.1, -0.05) is 24.4 Å². The van der Waals surface area contributed by atoms with Crippen LogP contribution in [0.2, 0.25) is 5.02 Å². The Hall–Kier alpha value is -1.02. The highest BCUT2D eigenvalue weighted by Crippen LogP contribution is 2.44. The molecule has 0 spiro atoms. The van der Waals surface area contributed by atoms with Crippen LogP contribution in [0.25, 0.3) is 0 Å². The Morgan fingerprint density at radius 3 is 2.63 bits per heavy atom. The maximum Gasteiger partial charge on any atom is 0.168 e. The predicted molar refractivity (Wildman–Crippen MR) is 76.2 cm³/mol. The fourth-order valence-corrected chi connectivity index (χ4v) is 3.98. The van der Waals surface area contributed by atoms with Gasteiger partial charge in [0.25, 0.3) is 0 Å². The largest absolute Gasteiger partial charge is 0.496 e. The second-order valence-electron chi connectivity index (χ2n) is 5.77. The molecule has 0 amide bonds. The van der Waals surface area contributed by atoms with Gasteiger partial charge in [-0.25, -0.2) is 0 Å². The summed E-state index contributed by atoms with van der Waals surface area (Å²) >= 11 is 6.39. The summed E-state index contributed by atoms with van der Waals surface area (Å²) in [5.41, 5.74) is 2.72. The van der Waals surface area contributed by atoms with Crippen molar-refractivity contribution in [1.82, 2.24) is 0 Å². The first-order valence-corrected chi connectivity index (χ1v) is 7.41. The minimum atomic E-state index is 0.154. The van der Waals surface area contributed by atoms with E-state index >= 15 is 0 Å². The van der Waals surface area contributed by atoms with Gasteiger partial charge in [-0.05, 0) is 43.7 Å². The first-order valence-electron chi connectivity index (χ1n) is 7.03. The number of carbonyl (C=O) groups excluding carboxylic acids is 1. The van der Waals surface area contributed by atoms with Crippen LogP contribution in [0.4, 0.5) is 0 Å². The van der Waals surface area contributed by atoms with Crippen LogP contribution in [0.3, 0.4) is 0 Å². The summed E-state index contributed by atoms with van der Waals surface area (Å²) in [4.78, 5) is 12.6. The molecule has 1 aromatic carbocycles. The summed E-state index contributed by atoms with van der Waals surface area (Å²) in [6, 6.07) is 2.00. The molecule has 1 fully saturated rings. The number of fused-ring (bicyclic) bond motifs is 1. The molecule has 3 heteroatoms. The zero-order valence-electron chi connectivity index (χ0n) is 11.5. The second kappa shape index (κ2) is 4.82. The quantitative estimate of drug-likeness (QED) is 0.810. The predicted octanol–water partition coefficient (Wildman–Crippen LogP) is 4.20. The van der Waals surface area contributed by atoms with Gasteiger partial charge in [-0.2, -0.15) is 0 Å². The Morgan fingerprint density at radius 1 is 1.32 bits per heavy atom. The molecule has 0 radical (unpaired) electrons. The Balaban J connectivity index is 2.00. The van der Waals surface area contributed by atoms with Crippen LogP contribution >= 0.6 is 11.6 Å². The summed E-state index contributed by atoms with van der Waals surface area (Å²) in [7, 11) is 1.65. The van der Waals surface area contributed by atoms with Gasteiger partial charge < -0.3 is 4.74 Å². The molecule has 0 aliphatic heterocycles. The van der Waals surface area contributed by atoms with E-state index in [9.17, 15) is 4.79 Å². The van der Waals surface area contributed by atoms with E-state index in [0.29, 0.717) is 10.9 Å². The third-order valence-corrected chi connectivity index (χ3v) is 5.23. The van der Waals surface area contributed by atoms with Crippen LogP contribution in [0.5, 0.6) is 5.75 Å². The van der Waals surface area contributed by atoms with Crippen molar-refractivity contribution in [2.75, 3.05) is 7.11 Å². The van der Waals surface area contributed by atoms with E-state index < -0.39 is 0 Å². The zero-order chi connectivity index (χ0) is 13.6. The monoisotopic (exact) mass is 278 g/mol. The summed E-state index contributed by atoms with van der Waals surface area (Å²) in [5, 5.41) is 0.597. The normalized spacial score (nSPS) is 22.9. The fourth-order valence-electron chi connectivity index (χ4n) is 3.67. The van der Waals surface area contributed by atoms with E-state index in [0.717, 1.165) is 28.9 Å². The van der Waals surface area contributed by atoms with E-state index in [4.69, 9.17) is 16.3 Å². The minimum absolute atomic E-state index is 0.154. The van der Waals surface area contributed by atoms with Crippen LogP contribution in [-0.2, 0) is 6.42 Å². The SMILES string of the molecule is COc1cc2c(c(Cl)c1C)C(=O)[C@@H](C1CCCC1)C2. The van der Waals surface area contributed by atoms with Crippen LogP contribution in [0.1, 0.15) is 47.2 Å². The number of hydrogen-bond donors (Lipinski definition) is 0. The molecule has 19 heavy (non-hydrogen) atoms. The summed E-state index contributed by atoms with van der Waals surface area (Å²) in [6.07, 6.45) is 5.76. The van der Waals surface area contributed by atoms with Gasteiger partial charge in [0.1, 0.15) is 5.75 Å². The van der Waals surface area contributed by atoms with Crippen molar-refractivity contribution in [2.24, 2.45) is 11.8 Å². The van der Waals surface area contributed by atoms with Crippen LogP contribution in [0.15, 0.2) is 6.07 Å². The highest BCUT2D eigenvalue weighted by Gasteiger charge is 2.39. The Labute approximate surface area is 119 Å². The molecule has 0 aromatic heterocycles. The molecule has 0 bridgehead atoms. The number of ketones is 1. The maximum atomic E-state index is 12.6. The first-order chi connectivity index (χ1) is 9.13. The molecule has 0 N–H and O–H groups in total. The van der Waals surface area contributed by atoms with Crippen LogP contribution < -0.4 is 4.74 Å². The van der Waals surface area contributed by atoms with Gasteiger partial charge in [-0.3, -0.25) is 4.79 Å². The molecule has 0 heterocycles. The molecule has 3 rings (SSSR count). The molecule has 2 aliphatic rings. The molecule has 2 nitrogen and oxygen atoms in total. The van der Waals surface area contributed by atoms with E-state index in [1.54, 1.807) is 7.11 Å². The van der Waals surface area contributed by atoms with Crippen LogP contribution in [0, 0.1) is 18.8 Å². The number of benzene rings is 1. The van der Waals surface area contributed by atoms with Crippen molar-refractivity contribution < 1.29 is 9.53 Å². The van der Waals surface area contributed by atoms with Crippen molar-refractivity contribution in [3.05, 3.63) is 27.8 Å². The topological polar surface area (TPSA) is 26.3 Å². The lowest BCUT2D eigenvalue weighted by molar-refractivity contribution is 0.0894. The van der Waals surface area contributed by atoms with Crippen molar-refractivity contribution in [3.8, 4) is 5.75 Å². The number of Topliss-reactive ketones (excluding diaryl/α,β-unsaturated/α-hetero) is 1. The van der Waals surface area contributed by atoms with Gasteiger partial charge in [0.2, 0.25) is 0 Å². The molecule has 2 aliphatic carbocycles. The average molecular weight is 279 g/mol.